The van der Waals surface area contributed by atoms with Crippen molar-refractivity contribution in [3.05, 3.63) is 36.0 Å². The van der Waals surface area contributed by atoms with Crippen LogP contribution in [0.2, 0.25) is 0 Å². The number of hydrogen-bond acceptors (Lipinski definition) is 5. The van der Waals surface area contributed by atoms with Crippen molar-refractivity contribution >= 4 is 0 Å². The minimum absolute atomic E-state index is 0.649. The van der Waals surface area contributed by atoms with Crippen molar-refractivity contribution < 1.29 is 0 Å². The second-order valence-corrected chi connectivity index (χ2v) is 4.09. The minimum atomic E-state index is 0.649. The third-order valence-electron chi connectivity index (χ3n) is 2.61. The molecule has 0 spiro atoms. The molecular formula is C13H17N5. The lowest BCUT2D eigenvalue weighted by Gasteiger charge is -2.07. The standard InChI is InChI=1S/C13H17N5/c1-3-5-14-8-12-10(2)7-16-13(18-12)11-4-6-15-9-17-11/h4,6-7,9,14H,3,5,8H2,1-2H3. The molecule has 1 N–H and O–H groups in total. The zero-order chi connectivity index (χ0) is 12.8. The third-order valence-corrected chi connectivity index (χ3v) is 2.61. The molecule has 0 aliphatic carbocycles. The third kappa shape index (κ3) is 3.07. The van der Waals surface area contributed by atoms with Gasteiger partial charge in [0.25, 0.3) is 0 Å². The van der Waals surface area contributed by atoms with E-state index in [1.54, 1.807) is 6.20 Å². The smallest absolute Gasteiger partial charge is 0.178 e. The quantitative estimate of drug-likeness (QED) is 0.810. The fourth-order valence-corrected chi connectivity index (χ4v) is 1.59. The Bertz CT molecular complexity index is 498. The number of rotatable bonds is 5. The average Bonchev–Trinajstić information content (AvgIpc) is 2.42. The van der Waals surface area contributed by atoms with Gasteiger partial charge in [-0.2, -0.15) is 0 Å². The molecule has 0 radical (unpaired) electrons. The summed E-state index contributed by atoms with van der Waals surface area (Å²) >= 11 is 0. The molecule has 0 aliphatic heterocycles. The largest absolute Gasteiger partial charge is 0.311 e. The Morgan fingerprint density at radius 1 is 1.28 bits per heavy atom. The second-order valence-electron chi connectivity index (χ2n) is 4.09. The van der Waals surface area contributed by atoms with Crippen LogP contribution in [0.15, 0.2) is 24.8 Å². The van der Waals surface area contributed by atoms with Gasteiger partial charge in [-0.15, -0.1) is 0 Å². The van der Waals surface area contributed by atoms with E-state index in [-0.39, 0.29) is 0 Å². The Morgan fingerprint density at radius 2 is 2.17 bits per heavy atom. The molecule has 5 heteroatoms. The maximum absolute atomic E-state index is 4.55. The highest BCUT2D eigenvalue weighted by atomic mass is 15.0. The fourth-order valence-electron chi connectivity index (χ4n) is 1.59. The number of aryl methyl sites for hydroxylation is 1. The highest BCUT2D eigenvalue weighted by Crippen LogP contribution is 2.12. The van der Waals surface area contributed by atoms with E-state index in [4.69, 9.17) is 0 Å². The van der Waals surface area contributed by atoms with Crippen LogP contribution < -0.4 is 5.32 Å². The van der Waals surface area contributed by atoms with Gasteiger partial charge in [-0.1, -0.05) is 6.92 Å². The van der Waals surface area contributed by atoms with Crippen molar-refractivity contribution in [1.82, 2.24) is 25.3 Å². The van der Waals surface area contributed by atoms with E-state index < -0.39 is 0 Å². The van der Waals surface area contributed by atoms with Gasteiger partial charge < -0.3 is 5.32 Å². The molecule has 0 amide bonds. The van der Waals surface area contributed by atoms with E-state index in [0.717, 1.165) is 36.5 Å². The zero-order valence-electron chi connectivity index (χ0n) is 10.7. The lowest BCUT2D eigenvalue weighted by Crippen LogP contribution is -2.16. The fraction of sp³-hybridized carbons (Fsp3) is 0.385. The van der Waals surface area contributed by atoms with E-state index in [2.05, 4.69) is 32.2 Å². The molecule has 0 aromatic carbocycles. The molecule has 2 aromatic rings. The lowest BCUT2D eigenvalue weighted by atomic mass is 10.2. The van der Waals surface area contributed by atoms with Crippen molar-refractivity contribution in [2.45, 2.75) is 26.8 Å². The first-order chi connectivity index (χ1) is 8.81. The normalized spacial score (nSPS) is 10.6. The van der Waals surface area contributed by atoms with Crippen LogP contribution in [0.25, 0.3) is 11.5 Å². The van der Waals surface area contributed by atoms with Gasteiger partial charge in [0.05, 0.1) is 5.69 Å². The van der Waals surface area contributed by atoms with Crippen molar-refractivity contribution in [2.75, 3.05) is 6.54 Å². The molecule has 5 nitrogen and oxygen atoms in total. The van der Waals surface area contributed by atoms with Crippen molar-refractivity contribution in [3.8, 4) is 11.5 Å². The summed E-state index contributed by atoms with van der Waals surface area (Å²) in [6.45, 7) is 5.92. The van der Waals surface area contributed by atoms with Crippen LogP contribution in [-0.4, -0.2) is 26.5 Å². The number of aromatic nitrogens is 4. The number of hydrogen-bond donors (Lipinski definition) is 1. The van der Waals surface area contributed by atoms with Crippen LogP contribution in [0.3, 0.4) is 0 Å². The highest BCUT2D eigenvalue weighted by Gasteiger charge is 2.06. The predicted octanol–water partition coefficient (Wildman–Crippen LogP) is 1.74. The summed E-state index contributed by atoms with van der Waals surface area (Å²) in [5.41, 5.74) is 2.87. The molecule has 0 unspecified atom stereocenters. The van der Waals surface area contributed by atoms with Crippen molar-refractivity contribution in [1.29, 1.82) is 0 Å². The summed E-state index contributed by atoms with van der Waals surface area (Å²) in [5.74, 6) is 0.649. The average molecular weight is 243 g/mol. The molecule has 94 valence electrons. The van der Waals surface area contributed by atoms with Crippen molar-refractivity contribution in [2.24, 2.45) is 0 Å². The topological polar surface area (TPSA) is 63.6 Å². The van der Waals surface area contributed by atoms with Gasteiger partial charge in [0.1, 0.15) is 12.0 Å². The SMILES string of the molecule is CCCNCc1nc(-c2ccncn2)ncc1C. The Hall–Kier alpha value is -1.88. The molecule has 18 heavy (non-hydrogen) atoms. The van der Waals surface area contributed by atoms with Gasteiger partial charge >= 0.3 is 0 Å². The molecule has 0 atom stereocenters. The molecule has 0 aliphatic rings. The van der Waals surface area contributed by atoms with Crippen molar-refractivity contribution in [3.63, 3.8) is 0 Å². The highest BCUT2D eigenvalue weighted by molar-refractivity contribution is 5.48. The summed E-state index contributed by atoms with van der Waals surface area (Å²) in [5, 5.41) is 3.35. The van der Waals surface area contributed by atoms with E-state index in [0.29, 0.717) is 5.82 Å². The van der Waals surface area contributed by atoms with E-state index in [9.17, 15) is 0 Å². The summed E-state index contributed by atoms with van der Waals surface area (Å²) in [6.07, 6.45) is 6.16. The van der Waals surface area contributed by atoms with Crippen LogP contribution in [0.4, 0.5) is 0 Å². The van der Waals surface area contributed by atoms with Gasteiger partial charge in [0, 0.05) is 18.9 Å². The van der Waals surface area contributed by atoms with E-state index in [1.165, 1.54) is 6.33 Å². The van der Waals surface area contributed by atoms with Crippen LogP contribution in [-0.2, 0) is 6.54 Å². The molecule has 2 heterocycles. The minimum Gasteiger partial charge on any atom is -0.311 e. The van der Waals surface area contributed by atoms with Crippen LogP contribution in [0.5, 0.6) is 0 Å². The summed E-state index contributed by atoms with van der Waals surface area (Å²) < 4.78 is 0. The van der Waals surface area contributed by atoms with Gasteiger partial charge in [-0.3, -0.25) is 0 Å². The second kappa shape index (κ2) is 6.16. The molecule has 0 fully saturated rings. The lowest BCUT2D eigenvalue weighted by molar-refractivity contribution is 0.660. The monoisotopic (exact) mass is 243 g/mol. The Kier molecular flexibility index (Phi) is 4.30. The molecule has 2 aromatic heterocycles. The van der Waals surface area contributed by atoms with Gasteiger partial charge in [0.2, 0.25) is 0 Å². The molecule has 0 saturated heterocycles. The predicted molar refractivity (Wildman–Crippen MR) is 69.8 cm³/mol. The molecule has 2 rings (SSSR count). The van der Waals surface area contributed by atoms with Crippen LogP contribution >= 0.6 is 0 Å². The molecule has 0 saturated carbocycles. The molecule has 0 bridgehead atoms. The van der Waals surface area contributed by atoms with Gasteiger partial charge in [-0.05, 0) is 31.5 Å². The maximum atomic E-state index is 4.55. The first-order valence-electron chi connectivity index (χ1n) is 6.11. The number of nitrogens with one attached hydrogen (secondary N) is 1. The first-order valence-corrected chi connectivity index (χ1v) is 6.11. The van der Waals surface area contributed by atoms with Gasteiger partial charge in [-0.25, -0.2) is 19.9 Å². The first kappa shape index (κ1) is 12.6. The Labute approximate surface area is 107 Å². The van der Waals surface area contributed by atoms with Crippen LogP contribution in [0.1, 0.15) is 24.6 Å². The Morgan fingerprint density at radius 3 is 2.89 bits per heavy atom. The Balaban J connectivity index is 2.21. The van der Waals surface area contributed by atoms with E-state index >= 15 is 0 Å². The summed E-state index contributed by atoms with van der Waals surface area (Å²) in [6, 6.07) is 1.81. The maximum Gasteiger partial charge on any atom is 0.178 e. The summed E-state index contributed by atoms with van der Waals surface area (Å²) in [7, 11) is 0. The van der Waals surface area contributed by atoms with E-state index in [1.807, 2.05) is 19.2 Å². The van der Waals surface area contributed by atoms with Crippen LogP contribution in [0, 0.1) is 6.92 Å². The summed E-state index contributed by atoms with van der Waals surface area (Å²) in [4.78, 5) is 16.9. The zero-order valence-corrected chi connectivity index (χ0v) is 10.7. The number of nitrogens with zero attached hydrogens (tertiary/aromatic N) is 4. The van der Waals surface area contributed by atoms with Gasteiger partial charge in [0.15, 0.2) is 5.82 Å². The molecular weight excluding hydrogens is 226 g/mol.